The number of allylic oxidation sites excluding steroid dienone is 2. The van der Waals surface area contributed by atoms with Gasteiger partial charge >= 0.3 is 0 Å². The number of thioether (sulfide) groups is 1. The third kappa shape index (κ3) is 3.65. The average molecular weight is 323 g/mol. The maximum absolute atomic E-state index is 5.59. The van der Waals surface area contributed by atoms with Crippen LogP contribution in [0.15, 0.2) is 21.7 Å². The minimum Gasteiger partial charge on any atom is -0.373 e. The summed E-state index contributed by atoms with van der Waals surface area (Å²) in [6.07, 6.45) is 14.1. The fourth-order valence-corrected chi connectivity index (χ4v) is 5.34. The summed E-state index contributed by atoms with van der Waals surface area (Å²) in [6.45, 7) is 3.31. The van der Waals surface area contributed by atoms with Gasteiger partial charge in [0.25, 0.3) is 0 Å². The number of nitrogens with zero attached hydrogens (tertiary/aromatic N) is 1. The van der Waals surface area contributed by atoms with Crippen LogP contribution in [-0.2, 0) is 0 Å². The zero-order valence-electron chi connectivity index (χ0n) is 13.0. The standard InChI is InChI=1S/C17H26N2S2/c1-2-19-14-10-6-7-11-15(14)21-17(19)12-16(20)18-13-8-4-3-5-9-13/h12-13H,2-11H2,1H3,(H,18,20)/b17-12+. The maximum Gasteiger partial charge on any atom is 0.102 e. The summed E-state index contributed by atoms with van der Waals surface area (Å²) in [4.78, 5) is 5.01. The summed E-state index contributed by atoms with van der Waals surface area (Å²) in [7, 11) is 0. The van der Waals surface area contributed by atoms with Gasteiger partial charge in [-0.2, -0.15) is 0 Å². The molecule has 2 nitrogen and oxygen atoms in total. The van der Waals surface area contributed by atoms with E-state index in [0.29, 0.717) is 6.04 Å². The predicted molar refractivity (Wildman–Crippen MR) is 96.2 cm³/mol. The molecule has 0 amide bonds. The minimum absolute atomic E-state index is 0.604. The summed E-state index contributed by atoms with van der Waals surface area (Å²) in [6, 6.07) is 0.604. The molecule has 3 rings (SSSR count). The van der Waals surface area contributed by atoms with Gasteiger partial charge in [0.2, 0.25) is 0 Å². The Hall–Kier alpha value is -0.480. The molecule has 21 heavy (non-hydrogen) atoms. The van der Waals surface area contributed by atoms with E-state index in [1.807, 2.05) is 11.8 Å². The van der Waals surface area contributed by atoms with Gasteiger partial charge in [0.1, 0.15) is 4.99 Å². The van der Waals surface area contributed by atoms with Crippen LogP contribution in [0, 0.1) is 0 Å². The van der Waals surface area contributed by atoms with E-state index in [0.717, 1.165) is 11.5 Å². The number of nitrogens with one attached hydrogen (secondary N) is 1. The van der Waals surface area contributed by atoms with Crippen LogP contribution < -0.4 is 5.32 Å². The zero-order chi connectivity index (χ0) is 14.7. The van der Waals surface area contributed by atoms with Crippen LogP contribution in [0.2, 0.25) is 0 Å². The minimum atomic E-state index is 0.604. The van der Waals surface area contributed by atoms with Crippen LogP contribution in [0.4, 0.5) is 0 Å². The molecule has 0 radical (unpaired) electrons. The summed E-state index contributed by atoms with van der Waals surface area (Å²) in [5.74, 6) is 0. The quantitative estimate of drug-likeness (QED) is 0.585. The topological polar surface area (TPSA) is 15.3 Å². The Kier molecular flexibility index (Phi) is 5.28. The fraction of sp³-hybridized carbons (Fsp3) is 0.706. The van der Waals surface area contributed by atoms with E-state index in [1.165, 1.54) is 62.8 Å². The molecule has 0 spiro atoms. The lowest BCUT2D eigenvalue weighted by atomic mass is 9.95. The van der Waals surface area contributed by atoms with E-state index in [-0.39, 0.29) is 0 Å². The molecule has 0 aromatic heterocycles. The molecule has 0 bridgehead atoms. The third-order valence-corrected chi connectivity index (χ3v) is 6.20. The number of rotatable bonds is 3. The van der Waals surface area contributed by atoms with Crippen molar-refractivity contribution >= 4 is 29.0 Å². The highest BCUT2D eigenvalue weighted by molar-refractivity contribution is 8.07. The van der Waals surface area contributed by atoms with Crippen molar-refractivity contribution < 1.29 is 0 Å². The van der Waals surface area contributed by atoms with Gasteiger partial charge in [0.05, 0.1) is 5.03 Å². The van der Waals surface area contributed by atoms with Crippen molar-refractivity contribution in [2.24, 2.45) is 0 Å². The smallest absolute Gasteiger partial charge is 0.102 e. The van der Waals surface area contributed by atoms with Crippen molar-refractivity contribution in [1.82, 2.24) is 10.2 Å². The van der Waals surface area contributed by atoms with Gasteiger partial charge in [-0.1, -0.05) is 43.2 Å². The Bertz CT molecular complexity index is 461. The Balaban J connectivity index is 1.64. The van der Waals surface area contributed by atoms with Gasteiger partial charge in [-0.15, -0.1) is 0 Å². The molecule has 1 heterocycles. The summed E-state index contributed by atoms with van der Waals surface area (Å²) >= 11 is 7.55. The van der Waals surface area contributed by atoms with Crippen molar-refractivity contribution in [3.05, 3.63) is 21.7 Å². The molecule has 1 N–H and O–H groups in total. The lowest BCUT2D eigenvalue weighted by Crippen LogP contribution is -2.34. The molecule has 0 aromatic rings. The molecule has 0 atom stereocenters. The first-order valence-electron chi connectivity index (χ1n) is 8.47. The van der Waals surface area contributed by atoms with Crippen LogP contribution in [0.5, 0.6) is 0 Å². The second-order valence-electron chi connectivity index (χ2n) is 6.25. The SMILES string of the molecule is CCN1C2=C(CCCC2)S/C1=C/C(=S)NC1CCCCC1. The number of hydrogen-bond acceptors (Lipinski definition) is 3. The van der Waals surface area contributed by atoms with E-state index in [1.54, 1.807) is 10.6 Å². The molecule has 1 fully saturated rings. The Labute approximate surface area is 138 Å². The molecular formula is C17H26N2S2. The Morgan fingerprint density at radius 3 is 2.76 bits per heavy atom. The van der Waals surface area contributed by atoms with Crippen LogP contribution in [0.1, 0.15) is 64.7 Å². The second-order valence-corrected chi connectivity index (χ2v) is 7.80. The molecule has 0 aromatic carbocycles. The van der Waals surface area contributed by atoms with Crippen LogP contribution >= 0.6 is 24.0 Å². The van der Waals surface area contributed by atoms with E-state index >= 15 is 0 Å². The van der Waals surface area contributed by atoms with Crippen molar-refractivity contribution in [2.45, 2.75) is 70.8 Å². The van der Waals surface area contributed by atoms with Gasteiger partial charge in [-0.25, -0.2) is 0 Å². The van der Waals surface area contributed by atoms with Crippen LogP contribution in [0.3, 0.4) is 0 Å². The first kappa shape index (κ1) is 15.4. The molecule has 0 saturated heterocycles. The van der Waals surface area contributed by atoms with Crippen molar-refractivity contribution in [3.63, 3.8) is 0 Å². The molecular weight excluding hydrogens is 296 g/mol. The summed E-state index contributed by atoms with van der Waals surface area (Å²) in [5.41, 5.74) is 1.57. The maximum atomic E-state index is 5.59. The van der Waals surface area contributed by atoms with Crippen molar-refractivity contribution in [1.29, 1.82) is 0 Å². The molecule has 1 saturated carbocycles. The van der Waals surface area contributed by atoms with Crippen molar-refractivity contribution in [3.8, 4) is 0 Å². The third-order valence-electron chi connectivity index (χ3n) is 4.73. The lowest BCUT2D eigenvalue weighted by Gasteiger charge is -2.25. The molecule has 116 valence electrons. The number of thiocarbonyl (C=S) groups is 1. The number of hydrogen-bond donors (Lipinski definition) is 1. The second kappa shape index (κ2) is 7.19. The van der Waals surface area contributed by atoms with Crippen LogP contribution in [-0.4, -0.2) is 22.5 Å². The molecule has 4 heteroatoms. The first-order chi connectivity index (χ1) is 10.3. The highest BCUT2D eigenvalue weighted by Gasteiger charge is 2.28. The zero-order valence-corrected chi connectivity index (χ0v) is 14.6. The molecule has 3 aliphatic rings. The van der Waals surface area contributed by atoms with Gasteiger partial charge in [0, 0.05) is 29.3 Å². The molecule has 2 aliphatic carbocycles. The molecule has 0 unspecified atom stereocenters. The van der Waals surface area contributed by atoms with Gasteiger partial charge in [0.15, 0.2) is 0 Å². The average Bonchev–Trinajstić information content (AvgIpc) is 2.85. The van der Waals surface area contributed by atoms with E-state index in [4.69, 9.17) is 12.2 Å². The van der Waals surface area contributed by atoms with Gasteiger partial charge in [-0.05, 0) is 45.4 Å². The van der Waals surface area contributed by atoms with Gasteiger partial charge in [-0.3, -0.25) is 0 Å². The van der Waals surface area contributed by atoms with Gasteiger partial charge < -0.3 is 10.2 Å². The monoisotopic (exact) mass is 322 g/mol. The van der Waals surface area contributed by atoms with Crippen LogP contribution in [0.25, 0.3) is 0 Å². The van der Waals surface area contributed by atoms with E-state index in [9.17, 15) is 0 Å². The Morgan fingerprint density at radius 2 is 2.00 bits per heavy atom. The van der Waals surface area contributed by atoms with E-state index in [2.05, 4.69) is 23.2 Å². The lowest BCUT2D eigenvalue weighted by molar-refractivity contribution is 0.415. The highest BCUT2D eigenvalue weighted by Crippen LogP contribution is 2.47. The Morgan fingerprint density at radius 1 is 1.24 bits per heavy atom. The predicted octanol–water partition coefficient (Wildman–Crippen LogP) is 4.93. The largest absolute Gasteiger partial charge is 0.373 e. The summed E-state index contributed by atoms with van der Waals surface area (Å²) in [5, 5.41) is 4.91. The first-order valence-corrected chi connectivity index (χ1v) is 9.70. The van der Waals surface area contributed by atoms with Crippen molar-refractivity contribution in [2.75, 3.05) is 6.54 Å². The molecule has 1 aliphatic heterocycles. The van der Waals surface area contributed by atoms with E-state index < -0.39 is 0 Å². The normalized spacial score (nSPS) is 25.4. The fourth-order valence-electron chi connectivity index (χ4n) is 3.63. The summed E-state index contributed by atoms with van der Waals surface area (Å²) < 4.78 is 0. The highest BCUT2D eigenvalue weighted by atomic mass is 32.2.